The maximum absolute atomic E-state index is 11.4. The Balaban J connectivity index is 2.19. The van der Waals surface area contributed by atoms with Gasteiger partial charge in [0.25, 0.3) is 0 Å². The number of hydrogen-bond acceptors (Lipinski definition) is 1. The maximum Gasteiger partial charge on any atom is 0.166 e. The summed E-state index contributed by atoms with van der Waals surface area (Å²) in [5.74, 6) is 0. The first-order valence-electron chi connectivity index (χ1n) is 6.36. The van der Waals surface area contributed by atoms with Crippen molar-refractivity contribution in [2.45, 2.75) is 6.42 Å². The predicted molar refractivity (Wildman–Crippen MR) is 77.6 cm³/mol. The highest BCUT2D eigenvalue weighted by molar-refractivity contribution is 5.93. The zero-order valence-electron chi connectivity index (χ0n) is 10.8. The third-order valence-electron chi connectivity index (χ3n) is 3.60. The van der Waals surface area contributed by atoms with Crippen molar-refractivity contribution in [3.8, 4) is 0 Å². The predicted octanol–water partition coefficient (Wildman–Crippen LogP) is 3.58. The minimum absolute atomic E-state index is 0.769. The van der Waals surface area contributed by atoms with E-state index in [1.165, 1.54) is 5.56 Å². The molecule has 0 N–H and O–H groups in total. The van der Waals surface area contributed by atoms with Crippen molar-refractivity contribution < 1.29 is 4.79 Å². The standard InChI is InChI=1S/C17H15NO/c1-18-16-10-6-5-9-14(16)15(17(18)12-19)11-13-7-3-2-4-8-13/h2-10,12H,11H2,1H3. The second-order valence-electron chi connectivity index (χ2n) is 4.72. The fourth-order valence-electron chi connectivity index (χ4n) is 2.63. The number of nitrogens with zero attached hydrogens (tertiary/aromatic N) is 1. The number of aldehydes is 1. The molecule has 0 aliphatic heterocycles. The Bertz CT molecular complexity index is 726. The van der Waals surface area contributed by atoms with Crippen LogP contribution in [0.1, 0.15) is 21.6 Å². The molecule has 2 heteroatoms. The Morgan fingerprint density at radius 3 is 2.42 bits per heavy atom. The van der Waals surface area contributed by atoms with Gasteiger partial charge in [-0.15, -0.1) is 0 Å². The first-order valence-corrected chi connectivity index (χ1v) is 6.36. The number of benzene rings is 2. The van der Waals surface area contributed by atoms with Crippen molar-refractivity contribution in [3.63, 3.8) is 0 Å². The summed E-state index contributed by atoms with van der Waals surface area (Å²) in [6.07, 6.45) is 1.74. The molecular formula is C17H15NO. The second kappa shape index (κ2) is 4.73. The first kappa shape index (κ1) is 11.7. The Morgan fingerprint density at radius 2 is 1.68 bits per heavy atom. The molecule has 0 bridgehead atoms. The number of fused-ring (bicyclic) bond motifs is 1. The van der Waals surface area contributed by atoms with Gasteiger partial charge in [0.15, 0.2) is 6.29 Å². The van der Waals surface area contributed by atoms with Gasteiger partial charge in [-0.25, -0.2) is 0 Å². The van der Waals surface area contributed by atoms with Crippen LogP contribution in [0.15, 0.2) is 54.6 Å². The summed E-state index contributed by atoms with van der Waals surface area (Å²) >= 11 is 0. The molecule has 1 aromatic heterocycles. The van der Waals surface area contributed by atoms with E-state index < -0.39 is 0 Å². The molecule has 0 aliphatic carbocycles. The normalized spacial score (nSPS) is 10.8. The van der Waals surface area contributed by atoms with Crippen LogP contribution >= 0.6 is 0 Å². The molecule has 0 fully saturated rings. The Hall–Kier alpha value is -2.35. The number of para-hydroxylation sites is 1. The van der Waals surface area contributed by atoms with Gasteiger partial charge < -0.3 is 4.57 Å². The summed E-state index contributed by atoms with van der Waals surface area (Å²) in [6, 6.07) is 18.4. The molecular weight excluding hydrogens is 234 g/mol. The van der Waals surface area contributed by atoms with Gasteiger partial charge >= 0.3 is 0 Å². The van der Waals surface area contributed by atoms with E-state index in [1.54, 1.807) is 0 Å². The third-order valence-corrected chi connectivity index (χ3v) is 3.60. The number of rotatable bonds is 3. The van der Waals surface area contributed by atoms with Crippen LogP contribution in [0.2, 0.25) is 0 Å². The highest BCUT2D eigenvalue weighted by Crippen LogP contribution is 2.26. The summed E-state index contributed by atoms with van der Waals surface area (Å²) in [6.45, 7) is 0. The lowest BCUT2D eigenvalue weighted by Gasteiger charge is -2.02. The van der Waals surface area contributed by atoms with E-state index in [4.69, 9.17) is 0 Å². The molecule has 0 saturated carbocycles. The summed E-state index contributed by atoms with van der Waals surface area (Å²) in [5, 5.41) is 1.16. The number of aromatic nitrogens is 1. The summed E-state index contributed by atoms with van der Waals surface area (Å²) in [4.78, 5) is 11.4. The molecule has 19 heavy (non-hydrogen) atoms. The zero-order valence-corrected chi connectivity index (χ0v) is 10.8. The van der Waals surface area contributed by atoms with Crippen molar-refractivity contribution in [1.82, 2.24) is 4.57 Å². The van der Waals surface area contributed by atoms with E-state index in [0.29, 0.717) is 0 Å². The molecule has 3 rings (SSSR count). The SMILES string of the molecule is Cn1c(C=O)c(Cc2ccccc2)c2ccccc21. The van der Waals surface area contributed by atoms with E-state index in [2.05, 4.69) is 24.3 Å². The van der Waals surface area contributed by atoms with Gasteiger partial charge in [-0.05, 0) is 17.2 Å². The number of carbonyl (C=O) groups is 1. The van der Waals surface area contributed by atoms with Gasteiger partial charge in [0.2, 0.25) is 0 Å². The maximum atomic E-state index is 11.4. The molecule has 0 unspecified atom stereocenters. The fraction of sp³-hybridized carbons (Fsp3) is 0.118. The van der Waals surface area contributed by atoms with Crippen molar-refractivity contribution in [2.24, 2.45) is 7.05 Å². The average Bonchev–Trinajstić information content (AvgIpc) is 2.73. The summed E-state index contributed by atoms with van der Waals surface area (Å²) in [7, 11) is 1.94. The number of aryl methyl sites for hydroxylation is 1. The monoisotopic (exact) mass is 249 g/mol. The van der Waals surface area contributed by atoms with Crippen molar-refractivity contribution >= 4 is 17.2 Å². The lowest BCUT2D eigenvalue weighted by molar-refractivity contribution is 0.111. The smallest absolute Gasteiger partial charge is 0.166 e. The van der Waals surface area contributed by atoms with Gasteiger partial charge in [0.05, 0.1) is 5.69 Å². The quantitative estimate of drug-likeness (QED) is 0.650. The highest BCUT2D eigenvalue weighted by Gasteiger charge is 2.14. The van der Waals surface area contributed by atoms with Crippen LogP contribution in [-0.2, 0) is 13.5 Å². The van der Waals surface area contributed by atoms with Crippen LogP contribution in [0.4, 0.5) is 0 Å². The van der Waals surface area contributed by atoms with E-state index >= 15 is 0 Å². The topological polar surface area (TPSA) is 22.0 Å². The van der Waals surface area contributed by atoms with Crippen LogP contribution in [-0.4, -0.2) is 10.9 Å². The fourth-order valence-corrected chi connectivity index (χ4v) is 2.63. The molecule has 1 heterocycles. The minimum atomic E-state index is 0.769. The Kier molecular flexibility index (Phi) is 2.92. The molecule has 2 nitrogen and oxygen atoms in total. The van der Waals surface area contributed by atoms with Gasteiger partial charge in [-0.3, -0.25) is 4.79 Å². The van der Waals surface area contributed by atoms with Crippen LogP contribution in [0, 0.1) is 0 Å². The molecule has 0 atom stereocenters. The second-order valence-corrected chi connectivity index (χ2v) is 4.72. The molecule has 0 saturated heterocycles. The number of carbonyl (C=O) groups excluding carboxylic acids is 1. The van der Waals surface area contributed by atoms with Gasteiger partial charge in [0, 0.05) is 24.4 Å². The Morgan fingerprint density at radius 1 is 1.00 bits per heavy atom. The third kappa shape index (κ3) is 1.95. The average molecular weight is 249 g/mol. The molecule has 3 aromatic rings. The van der Waals surface area contributed by atoms with Crippen LogP contribution in [0.25, 0.3) is 10.9 Å². The molecule has 0 aliphatic rings. The van der Waals surface area contributed by atoms with Crippen molar-refractivity contribution in [1.29, 1.82) is 0 Å². The molecule has 94 valence electrons. The summed E-state index contributed by atoms with van der Waals surface area (Å²) < 4.78 is 1.97. The van der Waals surface area contributed by atoms with Crippen molar-refractivity contribution in [3.05, 3.63) is 71.4 Å². The van der Waals surface area contributed by atoms with Crippen LogP contribution < -0.4 is 0 Å². The van der Waals surface area contributed by atoms with Gasteiger partial charge in [-0.2, -0.15) is 0 Å². The van der Waals surface area contributed by atoms with E-state index in [0.717, 1.165) is 34.9 Å². The van der Waals surface area contributed by atoms with Gasteiger partial charge in [-0.1, -0.05) is 48.5 Å². The lowest BCUT2D eigenvalue weighted by atomic mass is 10.0. The first-order chi connectivity index (χ1) is 9.31. The zero-order chi connectivity index (χ0) is 13.2. The molecule has 0 amide bonds. The minimum Gasteiger partial charge on any atom is -0.341 e. The number of hydrogen-bond donors (Lipinski definition) is 0. The van der Waals surface area contributed by atoms with Gasteiger partial charge in [0.1, 0.15) is 0 Å². The molecule has 0 radical (unpaired) electrons. The van der Waals surface area contributed by atoms with Crippen LogP contribution in [0.5, 0.6) is 0 Å². The lowest BCUT2D eigenvalue weighted by Crippen LogP contribution is -1.98. The van der Waals surface area contributed by atoms with E-state index in [-0.39, 0.29) is 0 Å². The largest absolute Gasteiger partial charge is 0.341 e. The Labute approximate surface area is 112 Å². The van der Waals surface area contributed by atoms with Crippen molar-refractivity contribution in [2.75, 3.05) is 0 Å². The highest BCUT2D eigenvalue weighted by atomic mass is 16.1. The molecule has 0 spiro atoms. The van der Waals surface area contributed by atoms with E-state index in [9.17, 15) is 4.79 Å². The van der Waals surface area contributed by atoms with Crippen LogP contribution in [0.3, 0.4) is 0 Å². The summed E-state index contributed by atoms with van der Waals surface area (Å²) in [5.41, 5.74) is 4.21. The molecule has 2 aromatic carbocycles. The van der Waals surface area contributed by atoms with E-state index in [1.807, 2.05) is 41.9 Å².